The van der Waals surface area contributed by atoms with Crippen LogP contribution < -0.4 is 0 Å². The Morgan fingerprint density at radius 2 is 2.00 bits per heavy atom. The van der Waals surface area contributed by atoms with Crippen LogP contribution in [0.5, 0.6) is 0 Å². The predicted octanol–water partition coefficient (Wildman–Crippen LogP) is 3.99. The third kappa shape index (κ3) is 2.73. The second-order valence-electron chi connectivity index (χ2n) is 9.02. The summed E-state index contributed by atoms with van der Waals surface area (Å²) in [6.07, 6.45) is 6.77. The topological polar surface area (TPSA) is 66.9 Å². The number of ketones is 1. The first-order valence-corrected chi connectivity index (χ1v) is 9.19. The molecule has 0 aromatic carbocycles. The van der Waals surface area contributed by atoms with Gasteiger partial charge < -0.3 is 9.84 Å². The first-order valence-electron chi connectivity index (χ1n) is 9.19. The summed E-state index contributed by atoms with van der Waals surface area (Å²) in [5.74, 6) is 0.337. The summed E-state index contributed by atoms with van der Waals surface area (Å²) in [5.41, 5.74) is 0.754. The molecule has 0 aromatic rings. The second-order valence-corrected chi connectivity index (χ2v) is 9.02. The molecule has 1 spiro atoms. The molecule has 4 atom stereocenters. The number of carbonyl (C=O) groups excluding carboxylic acids is 1. The Labute approximate surface area is 144 Å². The summed E-state index contributed by atoms with van der Waals surface area (Å²) in [4.78, 5) is 23.4. The van der Waals surface area contributed by atoms with E-state index in [1.54, 1.807) is 0 Å². The fourth-order valence-corrected chi connectivity index (χ4v) is 5.86. The van der Waals surface area contributed by atoms with Gasteiger partial charge >= 0.3 is 5.97 Å². The van der Waals surface area contributed by atoms with Crippen molar-refractivity contribution in [1.29, 1.82) is 0 Å². The van der Waals surface area contributed by atoms with Crippen LogP contribution in [0.3, 0.4) is 0 Å². The van der Waals surface area contributed by atoms with E-state index in [1.165, 1.54) is 6.08 Å². The van der Waals surface area contributed by atoms with Crippen LogP contribution >= 0.6 is 0 Å². The van der Waals surface area contributed by atoms with Crippen LogP contribution in [0.4, 0.5) is 0 Å². The average Bonchev–Trinajstić information content (AvgIpc) is 3.22. The lowest BCUT2D eigenvalue weighted by atomic mass is 9.45. The zero-order valence-electron chi connectivity index (χ0n) is 15.4. The Balaban J connectivity index is 1.85. The molecule has 1 heterocycles. The minimum atomic E-state index is -0.873. The number of ether oxygens (including phenoxy) is 1. The number of hydrogen-bond acceptors (Lipinski definition) is 3. The minimum Gasteiger partial charge on any atom is -0.478 e. The molecule has 24 heavy (non-hydrogen) atoms. The SMILES string of the molecule is C/C(=C/C(=O)O)CC[C@@H]1[C@]2(CC[C@@H]3C(C)(C)C(=O)CC[C@@]31C)CO2. The van der Waals surface area contributed by atoms with Gasteiger partial charge in [0.05, 0.1) is 12.2 Å². The molecular weight excluding hydrogens is 304 g/mol. The van der Waals surface area contributed by atoms with Crippen LogP contribution in [0.25, 0.3) is 0 Å². The number of epoxide rings is 1. The fraction of sp³-hybridized carbons (Fsp3) is 0.800. The van der Waals surface area contributed by atoms with Crippen molar-refractivity contribution in [3.63, 3.8) is 0 Å². The average molecular weight is 334 g/mol. The molecule has 1 saturated heterocycles. The fourth-order valence-electron chi connectivity index (χ4n) is 5.86. The highest BCUT2D eigenvalue weighted by atomic mass is 16.6. The number of Topliss-reactive ketones (excluding diaryl/α,β-unsaturated/α-hetero) is 1. The number of allylic oxidation sites excluding steroid dienone is 1. The van der Waals surface area contributed by atoms with Crippen LogP contribution in [0, 0.1) is 22.7 Å². The Morgan fingerprint density at radius 3 is 2.58 bits per heavy atom. The zero-order valence-corrected chi connectivity index (χ0v) is 15.4. The lowest BCUT2D eigenvalue weighted by molar-refractivity contribution is -0.153. The van der Waals surface area contributed by atoms with E-state index in [2.05, 4.69) is 20.8 Å². The number of carboxylic acid groups (broad SMARTS) is 1. The summed E-state index contributed by atoms with van der Waals surface area (Å²) in [6.45, 7) is 9.32. The molecule has 3 rings (SSSR count). The molecule has 0 bridgehead atoms. The van der Waals surface area contributed by atoms with Crippen molar-refractivity contribution < 1.29 is 19.4 Å². The van der Waals surface area contributed by atoms with E-state index in [4.69, 9.17) is 9.84 Å². The summed E-state index contributed by atoms with van der Waals surface area (Å²) >= 11 is 0. The lowest BCUT2D eigenvalue weighted by Crippen LogP contribution is -2.57. The highest BCUT2D eigenvalue weighted by Crippen LogP contribution is 2.65. The highest BCUT2D eigenvalue weighted by molar-refractivity contribution is 5.85. The normalized spacial score (nSPS) is 41.2. The Bertz CT molecular complexity index is 584. The highest BCUT2D eigenvalue weighted by Gasteiger charge is 2.66. The van der Waals surface area contributed by atoms with Crippen LogP contribution in [0.15, 0.2) is 11.6 Å². The first kappa shape index (κ1) is 17.7. The van der Waals surface area contributed by atoms with E-state index < -0.39 is 5.97 Å². The standard InChI is InChI=1S/C20H30O4/c1-13(11-17(22)23)5-6-15-19(4)9-8-16(21)18(2,3)14(19)7-10-20(15)12-24-20/h11,14-15H,5-10,12H2,1-4H3,(H,22,23)/b13-11-/t14-,15+,19+,20+/m1/s1. The number of aliphatic carboxylic acids is 1. The predicted molar refractivity (Wildman–Crippen MR) is 91.7 cm³/mol. The largest absolute Gasteiger partial charge is 0.478 e. The van der Waals surface area contributed by atoms with Gasteiger partial charge in [-0.1, -0.05) is 26.3 Å². The maximum absolute atomic E-state index is 12.5. The van der Waals surface area contributed by atoms with Gasteiger partial charge in [-0.15, -0.1) is 0 Å². The molecule has 134 valence electrons. The van der Waals surface area contributed by atoms with Gasteiger partial charge in [0.15, 0.2) is 0 Å². The summed E-state index contributed by atoms with van der Waals surface area (Å²) in [7, 11) is 0. The van der Waals surface area contributed by atoms with Crippen molar-refractivity contribution in [2.24, 2.45) is 22.7 Å². The maximum Gasteiger partial charge on any atom is 0.328 e. The van der Waals surface area contributed by atoms with Crippen molar-refractivity contribution in [3.8, 4) is 0 Å². The number of carboxylic acids is 1. The second kappa shape index (κ2) is 5.69. The number of hydrogen-bond donors (Lipinski definition) is 1. The van der Waals surface area contributed by atoms with Crippen molar-refractivity contribution >= 4 is 11.8 Å². The molecule has 4 heteroatoms. The quantitative estimate of drug-likeness (QED) is 0.623. The van der Waals surface area contributed by atoms with Crippen molar-refractivity contribution in [1.82, 2.24) is 0 Å². The molecular formula is C20H30O4. The van der Waals surface area contributed by atoms with Crippen molar-refractivity contribution in [2.75, 3.05) is 6.61 Å². The molecule has 1 N–H and O–H groups in total. The number of fused-ring (bicyclic) bond motifs is 1. The van der Waals surface area contributed by atoms with E-state index in [9.17, 15) is 9.59 Å². The Morgan fingerprint density at radius 1 is 1.33 bits per heavy atom. The van der Waals surface area contributed by atoms with Gasteiger partial charge in [-0.05, 0) is 56.3 Å². The van der Waals surface area contributed by atoms with E-state index in [0.717, 1.165) is 44.3 Å². The molecule has 3 aliphatic rings. The van der Waals surface area contributed by atoms with E-state index in [1.807, 2.05) is 6.92 Å². The van der Waals surface area contributed by atoms with Crippen LogP contribution in [0.1, 0.15) is 66.2 Å². The third-order valence-electron chi connectivity index (χ3n) is 7.28. The summed E-state index contributed by atoms with van der Waals surface area (Å²) in [6, 6.07) is 0. The first-order chi connectivity index (χ1) is 11.1. The molecule has 0 amide bonds. The van der Waals surface area contributed by atoms with Crippen molar-refractivity contribution in [2.45, 2.75) is 71.8 Å². The molecule has 0 aromatic heterocycles. The van der Waals surface area contributed by atoms with E-state index in [-0.39, 0.29) is 16.4 Å². The molecule has 0 unspecified atom stereocenters. The molecule has 2 saturated carbocycles. The minimum absolute atomic E-state index is 0.00871. The molecule has 1 aliphatic heterocycles. The molecule has 3 fully saturated rings. The molecule has 4 nitrogen and oxygen atoms in total. The lowest BCUT2D eigenvalue weighted by Gasteiger charge is -2.58. The van der Waals surface area contributed by atoms with Crippen LogP contribution in [-0.2, 0) is 14.3 Å². The van der Waals surface area contributed by atoms with Gasteiger partial charge in [0.2, 0.25) is 0 Å². The third-order valence-corrected chi connectivity index (χ3v) is 7.28. The summed E-state index contributed by atoms with van der Waals surface area (Å²) < 4.78 is 5.95. The zero-order chi connectivity index (χ0) is 17.8. The van der Waals surface area contributed by atoms with Gasteiger partial charge in [0.25, 0.3) is 0 Å². The smallest absolute Gasteiger partial charge is 0.328 e. The van der Waals surface area contributed by atoms with Gasteiger partial charge in [-0.3, -0.25) is 4.79 Å². The van der Waals surface area contributed by atoms with Gasteiger partial charge in [0, 0.05) is 17.9 Å². The number of carbonyl (C=O) groups is 2. The molecule has 2 aliphatic carbocycles. The summed E-state index contributed by atoms with van der Waals surface area (Å²) in [5, 5.41) is 8.93. The van der Waals surface area contributed by atoms with Crippen LogP contribution in [-0.4, -0.2) is 29.1 Å². The monoisotopic (exact) mass is 334 g/mol. The van der Waals surface area contributed by atoms with Gasteiger partial charge in [-0.25, -0.2) is 4.79 Å². The maximum atomic E-state index is 12.5. The number of rotatable bonds is 4. The Hall–Kier alpha value is -1.16. The Kier molecular flexibility index (Phi) is 4.18. The van der Waals surface area contributed by atoms with E-state index >= 15 is 0 Å². The van der Waals surface area contributed by atoms with Gasteiger partial charge in [0.1, 0.15) is 5.78 Å². The van der Waals surface area contributed by atoms with Crippen molar-refractivity contribution in [3.05, 3.63) is 11.6 Å². The van der Waals surface area contributed by atoms with E-state index in [0.29, 0.717) is 24.0 Å². The van der Waals surface area contributed by atoms with Gasteiger partial charge in [-0.2, -0.15) is 0 Å². The molecule has 0 radical (unpaired) electrons. The van der Waals surface area contributed by atoms with Crippen LogP contribution in [0.2, 0.25) is 0 Å².